The molecule has 2 aromatic rings. The molecule has 0 amide bonds. The summed E-state index contributed by atoms with van der Waals surface area (Å²) in [6.07, 6.45) is 7.97. The lowest BCUT2D eigenvalue weighted by Gasteiger charge is -2.07. The number of hydrogen-bond acceptors (Lipinski definition) is 2. The summed E-state index contributed by atoms with van der Waals surface area (Å²) in [6.45, 7) is 5.89. The second-order valence-corrected chi connectivity index (χ2v) is 6.91. The number of carbonyl (C=O) groups is 2. The predicted octanol–water partition coefficient (Wildman–Crippen LogP) is 5.54. The Kier molecular flexibility index (Phi) is 7.28. The fourth-order valence-electron chi connectivity index (χ4n) is 2.58. The summed E-state index contributed by atoms with van der Waals surface area (Å²) in [6, 6.07) is 17.4. The molecule has 2 rings (SSSR count). The van der Waals surface area contributed by atoms with E-state index < -0.39 is 0 Å². The molecule has 1 atom stereocenters. The van der Waals surface area contributed by atoms with E-state index in [0.717, 1.165) is 12.0 Å². The van der Waals surface area contributed by atoms with Crippen molar-refractivity contribution >= 4 is 17.6 Å². The van der Waals surface area contributed by atoms with Gasteiger partial charge in [0, 0.05) is 11.5 Å². The summed E-state index contributed by atoms with van der Waals surface area (Å²) in [5.41, 5.74) is 2.92. The van der Waals surface area contributed by atoms with Gasteiger partial charge < -0.3 is 0 Å². The number of allylic oxidation sites excluding steroid dienone is 3. The van der Waals surface area contributed by atoms with E-state index >= 15 is 0 Å². The second kappa shape index (κ2) is 9.67. The third-order valence-electron chi connectivity index (χ3n) is 4.15. The van der Waals surface area contributed by atoms with Gasteiger partial charge in [-0.15, -0.1) is 0 Å². The lowest BCUT2D eigenvalue weighted by atomic mass is 9.98. The molecular weight excluding hydrogens is 320 g/mol. The largest absolute Gasteiger partial charge is 0.295 e. The van der Waals surface area contributed by atoms with Crippen LogP contribution in [-0.4, -0.2) is 11.6 Å². The van der Waals surface area contributed by atoms with Crippen LogP contribution in [0.3, 0.4) is 0 Å². The molecule has 0 spiro atoms. The van der Waals surface area contributed by atoms with E-state index in [9.17, 15) is 9.59 Å². The van der Waals surface area contributed by atoms with E-state index in [1.807, 2.05) is 68.5 Å². The highest BCUT2D eigenvalue weighted by Crippen LogP contribution is 2.14. The number of hydrogen-bond donors (Lipinski definition) is 0. The first-order valence-corrected chi connectivity index (χ1v) is 9.04. The van der Waals surface area contributed by atoms with E-state index in [1.54, 1.807) is 12.2 Å². The maximum atomic E-state index is 12.1. The molecule has 0 aromatic heterocycles. The van der Waals surface area contributed by atoms with Gasteiger partial charge in [0.05, 0.1) is 0 Å². The Balaban J connectivity index is 1.97. The third-order valence-corrected chi connectivity index (χ3v) is 4.15. The summed E-state index contributed by atoms with van der Waals surface area (Å²) in [7, 11) is 0. The Morgan fingerprint density at radius 3 is 2.35 bits per heavy atom. The molecule has 2 nitrogen and oxygen atoms in total. The van der Waals surface area contributed by atoms with Gasteiger partial charge in [0.1, 0.15) is 0 Å². The van der Waals surface area contributed by atoms with E-state index in [0.29, 0.717) is 5.56 Å². The zero-order valence-corrected chi connectivity index (χ0v) is 15.7. The topological polar surface area (TPSA) is 34.1 Å². The van der Waals surface area contributed by atoms with Crippen molar-refractivity contribution < 1.29 is 9.59 Å². The first-order valence-electron chi connectivity index (χ1n) is 9.04. The number of carbonyl (C=O) groups excluding carboxylic acids is 2. The third kappa shape index (κ3) is 6.29. The van der Waals surface area contributed by atoms with Crippen molar-refractivity contribution in [2.45, 2.75) is 27.2 Å². The Hall–Kier alpha value is -2.74. The number of benzene rings is 2. The van der Waals surface area contributed by atoms with Crippen LogP contribution in [0.15, 0.2) is 72.8 Å². The molecule has 0 aliphatic carbocycles. The van der Waals surface area contributed by atoms with Crippen LogP contribution in [0.5, 0.6) is 0 Å². The van der Waals surface area contributed by atoms with Crippen molar-refractivity contribution in [3.8, 4) is 0 Å². The van der Waals surface area contributed by atoms with Gasteiger partial charge in [-0.2, -0.15) is 0 Å². The van der Waals surface area contributed by atoms with Gasteiger partial charge in [0.15, 0.2) is 11.6 Å². The van der Waals surface area contributed by atoms with Gasteiger partial charge in [-0.1, -0.05) is 87.5 Å². The Morgan fingerprint density at radius 2 is 1.65 bits per heavy atom. The quantitative estimate of drug-likeness (QED) is 0.464. The normalized spacial score (nSPS) is 12.8. The lowest BCUT2D eigenvalue weighted by Crippen LogP contribution is -2.02. The van der Waals surface area contributed by atoms with E-state index in [2.05, 4.69) is 19.1 Å². The Bertz CT molecular complexity index is 798. The fourth-order valence-corrected chi connectivity index (χ4v) is 2.58. The Morgan fingerprint density at radius 1 is 0.923 bits per heavy atom. The minimum atomic E-state index is 0.0155. The Labute approximate surface area is 156 Å². The molecule has 134 valence electrons. The molecule has 0 aliphatic heterocycles. The van der Waals surface area contributed by atoms with E-state index in [-0.39, 0.29) is 23.4 Å². The summed E-state index contributed by atoms with van der Waals surface area (Å²) in [5.74, 6) is 0.424. The van der Waals surface area contributed by atoms with Crippen LogP contribution in [0.4, 0.5) is 0 Å². The van der Waals surface area contributed by atoms with Gasteiger partial charge in [0.25, 0.3) is 0 Å². The molecule has 0 saturated carbocycles. The van der Waals surface area contributed by atoms with Crippen molar-refractivity contribution in [2.75, 3.05) is 0 Å². The van der Waals surface area contributed by atoms with Crippen molar-refractivity contribution in [1.82, 2.24) is 0 Å². The average Bonchev–Trinajstić information content (AvgIpc) is 2.65. The van der Waals surface area contributed by atoms with E-state index in [4.69, 9.17) is 0 Å². The molecule has 0 bridgehead atoms. The van der Waals surface area contributed by atoms with Crippen molar-refractivity contribution in [2.24, 2.45) is 11.8 Å². The van der Waals surface area contributed by atoms with Crippen LogP contribution in [0.1, 0.15) is 42.3 Å². The molecule has 0 radical (unpaired) electrons. The summed E-state index contributed by atoms with van der Waals surface area (Å²) in [4.78, 5) is 23.8. The molecule has 0 heterocycles. The first kappa shape index (κ1) is 19.6. The standard InChI is InChI=1S/C24H26O2/c1-18(2)23(25)15-13-20-8-7-9-21(17-20)16-19(3)12-14-24(26)22-10-5-4-6-11-22/h4-15,17-19H,16H2,1-3H3/b14-12+,15-13+. The van der Waals surface area contributed by atoms with Crippen molar-refractivity contribution in [3.63, 3.8) is 0 Å². The van der Waals surface area contributed by atoms with Crippen LogP contribution in [0, 0.1) is 11.8 Å². The number of rotatable bonds is 8. The SMILES string of the molecule is CC(/C=C/C(=O)c1ccccc1)Cc1cccc(/C=C/C(=O)C(C)C)c1. The van der Waals surface area contributed by atoms with Crippen LogP contribution in [0.25, 0.3) is 6.08 Å². The molecule has 0 aliphatic rings. The van der Waals surface area contributed by atoms with Crippen LogP contribution < -0.4 is 0 Å². The molecule has 0 N–H and O–H groups in total. The summed E-state index contributed by atoms with van der Waals surface area (Å²) >= 11 is 0. The van der Waals surface area contributed by atoms with Crippen LogP contribution in [0.2, 0.25) is 0 Å². The van der Waals surface area contributed by atoms with Crippen molar-refractivity contribution in [3.05, 3.63) is 89.5 Å². The molecule has 0 saturated heterocycles. The monoisotopic (exact) mass is 346 g/mol. The highest BCUT2D eigenvalue weighted by atomic mass is 16.1. The molecule has 1 unspecified atom stereocenters. The van der Waals surface area contributed by atoms with E-state index in [1.165, 1.54) is 5.56 Å². The van der Waals surface area contributed by atoms with Crippen molar-refractivity contribution in [1.29, 1.82) is 0 Å². The molecule has 26 heavy (non-hydrogen) atoms. The highest BCUT2D eigenvalue weighted by molar-refractivity contribution is 6.04. The van der Waals surface area contributed by atoms with Crippen LogP contribution >= 0.6 is 0 Å². The minimum absolute atomic E-state index is 0.0155. The average molecular weight is 346 g/mol. The predicted molar refractivity (Wildman–Crippen MR) is 108 cm³/mol. The molecule has 0 fully saturated rings. The maximum absolute atomic E-state index is 12.1. The van der Waals surface area contributed by atoms with Crippen LogP contribution in [-0.2, 0) is 11.2 Å². The lowest BCUT2D eigenvalue weighted by molar-refractivity contribution is -0.117. The smallest absolute Gasteiger partial charge is 0.185 e. The fraction of sp³-hybridized carbons (Fsp3) is 0.250. The summed E-state index contributed by atoms with van der Waals surface area (Å²) in [5, 5.41) is 0. The zero-order chi connectivity index (χ0) is 18.9. The minimum Gasteiger partial charge on any atom is -0.295 e. The zero-order valence-electron chi connectivity index (χ0n) is 15.7. The van der Waals surface area contributed by atoms with Gasteiger partial charge in [-0.05, 0) is 35.6 Å². The molecule has 2 aromatic carbocycles. The molecule has 2 heteroatoms. The van der Waals surface area contributed by atoms with Gasteiger partial charge in [-0.25, -0.2) is 0 Å². The molecular formula is C24H26O2. The second-order valence-electron chi connectivity index (χ2n) is 6.91. The first-order chi connectivity index (χ1) is 12.5. The number of ketones is 2. The maximum Gasteiger partial charge on any atom is 0.185 e. The van der Waals surface area contributed by atoms with Gasteiger partial charge >= 0.3 is 0 Å². The summed E-state index contributed by atoms with van der Waals surface area (Å²) < 4.78 is 0. The van der Waals surface area contributed by atoms with Gasteiger partial charge in [-0.3, -0.25) is 9.59 Å². The highest BCUT2D eigenvalue weighted by Gasteiger charge is 2.05. The van der Waals surface area contributed by atoms with Gasteiger partial charge in [0.2, 0.25) is 0 Å².